The Labute approximate surface area is 48.8 Å². The zero-order chi connectivity index (χ0) is 6.41. The standard InChI is InChI=1S/C5H10N2O/c1-3-7-5(8)4-6-2/h3,6H,4H2,1-2H3. The fourth-order valence-corrected chi connectivity index (χ4v) is 0.341. The highest BCUT2D eigenvalue weighted by Crippen LogP contribution is 1.67. The minimum Gasteiger partial charge on any atom is -0.311 e. The quantitative estimate of drug-likeness (QED) is 0.506. The van der Waals surface area contributed by atoms with Crippen molar-refractivity contribution in [2.75, 3.05) is 13.6 Å². The van der Waals surface area contributed by atoms with Crippen LogP contribution in [-0.4, -0.2) is 25.7 Å². The predicted molar refractivity (Wildman–Crippen MR) is 33.1 cm³/mol. The van der Waals surface area contributed by atoms with E-state index < -0.39 is 0 Å². The first-order chi connectivity index (χ1) is 3.81. The Kier molecular flexibility index (Phi) is 4.07. The molecule has 0 aromatic carbocycles. The van der Waals surface area contributed by atoms with Gasteiger partial charge in [-0.2, -0.15) is 0 Å². The summed E-state index contributed by atoms with van der Waals surface area (Å²) in [5, 5.41) is 2.69. The highest BCUT2D eigenvalue weighted by Gasteiger charge is 1.89. The van der Waals surface area contributed by atoms with Gasteiger partial charge in [0.1, 0.15) is 0 Å². The fraction of sp³-hybridized carbons (Fsp3) is 0.600. The summed E-state index contributed by atoms with van der Waals surface area (Å²) in [6, 6.07) is 0. The van der Waals surface area contributed by atoms with Crippen molar-refractivity contribution in [1.29, 1.82) is 0 Å². The number of nitrogens with one attached hydrogen (secondary N) is 1. The smallest absolute Gasteiger partial charge is 0.259 e. The molecule has 3 nitrogen and oxygen atoms in total. The van der Waals surface area contributed by atoms with Gasteiger partial charge in [-0.1, -0.05) is 0 Å². The zero-order valence-electron chi connectivity index (χ0n) is 5.14. The van der Waals surface area contributed by atoms with E-state index in [1.807, 2.05) is 0 Å². The lowest BCUT2D eigenvalue weighted by Gasteiger charge is -1.87. The number of nitrogens with zero attached hydrogens (tertiary/aromatic N) is 1. The molecule has 46 valence electrons. The van der Waals surface area contributed by atoms with Gasteiger partial charge in [-0.25, -0.2) is 4.99 Å². The Balaban J connectivity index is 3.33. The van der Waals surface area contributed by atoms with Crippen LogP contribution in [0.1, 0.15) is 6.92 Å². The second-order valence-electron chi connectivity index (χ2n) is 1.31. The summed E-state index contributed by atoms with van der Waals surface area (Å²) in [6.45, 7) is 2.04. The highest BCUT2D eigenvalue weighted by atomic mass is 16.1. The molecule has 0 unspecified atom stereocenters. The number of likely N-dealkylation sites (N-methyl/N-ethyl adjacent to an activating group) is 1. The summed E-state index contributed by atoms with van der Waals surface area (Å²) >= 11 is 0. The second kappa shape index (κ2) is 4.46. The van der Waals surface area contributed by atoms with E-state index in [2.05, 4.69) is 10.3 Å². The average molecular weight is 114 g/mol. The Morgan fingerprint density at radius 3 is 2.88 bits per heavy atom. The minimum atomic E-state index is -0.130. The van der Waals surface area contributed by atoms with Crippen molar-refractivity contribution in [3.63, 3.8) is 0 Å². The molecule has 0 aliphatic rings. The third-order valence-electron chi connectivity index (χ3n) is 0.601. The number of amides is 1. The molecule has 0 bridgehead atoms. The third-order valence-corrected chi connectivity index (χ3v) is 0.601. The Morgan fingerprint density at radius 2 is 2.50 bits per heavy atom. The van der Waals surface area contributed by atoms with Gasteiger partial charge < -0.3 is 5.32 Å². The largest absolute Gasteiger partial charge is 0.311 e. The van der Waals surface area contributed by atoms with Crippen LogP contribution in [0.25, 0.3) is 0 Å². The number of aliphatic imine (C=N–C) groups is 1. The molecule has 8 heavy (non-hydrogen) atoms. The SMILES string of the molecule is CC=NC(=O)CNC. The van der Waals surface area contributed by atoms with Gasteiger partial charge in [-0.05, 0) is 14.0 Å². The average Bonchev–Trinajstić information content (AvgIpc) is 1.68. The van der Waals surface area contributed by atoms with E-state index in [0.717, 1.165) is 0 Å². The molecule has 0 radical (unpaired) electrons. The monoisotopic (exact) mass is 114 g/mol. The normalized spacial score (nSPS) is 10.2. The van der Waals surface area contributed by atoms with Crippen LogP contribution in [-0.2, 0) is 4.79 Å². The van der Waals surface area contributed by atoms with E-state index in [4.69, 9.17) is 0 Å². The molecule has 0 fully saturated rings. The van der Waals surface area contributed by atoms with Crippen molar-refractivity contribution < 1.29 is 4.79 Å². The van der Waals surface area contributed by atoms with E-state index in [-0.39, 0.29) is 5.91 Å². The zero-order valence-corrected chi connectivity index (χ0v) is 5.14. The maximum absolute atomic E-state index is 10.4. The molecule has 1 N–H and O–H groups in total. The molecule has 0 rings (SSSR count). The summed E-state index contributed by atoms with van der Waals surface area (Å²) in [6.07, 6.45) is 1.49. The Hall–Kier alpha value is -0.700. The van der Waals surface area contributed by atoms with Gasteiger partial charge in [0.15, 0.2) is 0 Å². The number of hydrogen-bond acceptors (Lipinski definition) is 2. The van der Waals surface area contributed by atoms with Crippen molar-refractivity contribution in [2.45, 2.75) is 6.92 Å². The molecule has 0 saturated heterocycles. The van der Waals surface area contributed by atoms with Gasteiger partial charge in [0.05, 0.1) is 6.54 Å². The summed E-state index contributed by atoms with van der Waals surface area (Å²) in [7, 11) is 1.71. The highest BCUT2D eigenvalue weighted by molar-refractivity contribution is 5.85. The van der Waals surface area contributed by atoms with E-state index in [0.29, 0.717) is 6.54 Å². The van der Waals surface area contributed by atoms with Gasteiger partial charge in [-0.15, -0.1) is 0 Å². The molecule has 3 heteroatoms. The van der Waals surface area contributed by atoms with Crippen LogP contribution in [0.5, 0.6) is 0 Å². The summed E-state index contributed by atoms with van der Waals surface area (Å²) < 4.78 is 0. The number of rotatable bonds is 2. The molecule has 0 atom stereocenters. The van der Waals surface area contributed by atoms with E-state index >= 15 is 0 Å². The number of carbonyl (C=O) groups is 1. The minimum absolute atomic E-state index is 0.130. The van der Waals surface area contributed by atoms with Gasteiger partial charge in [0.25, 0.3) is 5.91 Å². The molecular formula is C5H10N2O. The topological polar surface area (TPSA) is 41.5 Å². The molecule has 0 spiro atoms. The number of hydrogen-bond donors (Lipinski definition) is 1. The van der Waals surface area contributed by atoms with Crippen molar-refractivity contribution in [3.8, 4) is 0 Å². The molecule has 0 aliphatic heterocycles. The van der Waals surface area contributed by atoms with Crippen molar-refractivity contribution in [3.05, 3.63) is 0 Å². The molecule has 0 aliphatic carbocycles. The van der Waals surface area contributed by atoms with Crippen LogP contribution in [0.2, 0.25) is 0 Å². The van der Waals surface area contributed by atoms with Crippen LogP contribution < -0.4 is 5.32 Å². The van der Waals surface area contributed by atoms with E-state index in [1.54, 1.807) is 14.0 Å². The lowest BCUT2D eigenvalue weighted by Crippen LogP contribution is -2.16. The maximum atomic E-state index is 10.4. The van der Waals surface area contributed by atoms with Crippen molar-refractivity contribution in [1.82, 2.24) is 5.32 Å². The van der Waals surface area contributed by atoms with Gasteiger partial charge in [0.2, 0.25) is 0 Å². The first kappa shape index (κ1) is 7.30. The Bertz CT molecular complexity index is 98.6. The summed E-state index contributed by atoms with van der Waals surface area (Å²) in [5.74, 6) is -0.130. The van der Waals surface area contributed by atoms with Gasteiger partial charge in [-0.3, -0.25) is 4.79 Å². The lowest BCUT2D eigenvalue weighted by molar-refractivity contribution is -0.116. The van der Waals surface area contributed by atoms with Crippen LogP contribution in [0.15, 0.2) is 4.99 Å². The van der Waals surface area contributed by atoms with Crippen LogP contribution in [0.3, 0.4) is 0 Å². The lowest BCUT2D eigenvalue weighted by atomic mass is 10.6. The first-order valence-corrected chi connectivity index (χ1v) is 2.47. The number of carbonyl (C=O) groups excluding carboxylic acids is 1. The van der Waals surface area contributed by atoms with E-state index in [9.17, 15) is 4.79 Å². The molecule has 0 aromatic rings. The third kappa shape index (κ3) is 3.49. The second-order valence-corrected chi connectivity index (χ2v) is 1.31. The van der Waals surface area contributed by atoms with Crippen LogP contribution in [0, 0.1) is 0 Å². The van der Waals surface area contributed by atoms with Crippen LogP contribution >= 0.6 is 0 Å². The maximum Gasteiger partial charge on any atom is 0.259 e. The first-order valence-electron chi connectivity index (χ1n) is 2.47. The fourth-order valence-electron chi connectivity index (χ4n) is 0.341. The molecule has 0 heterocycles. The Morgan fingerprint density at radius 1 is 1.88 bits per heavy atom. The van der Waals surface area contributed by atoms with E-state index in [1.165, 1.54) is 6.21 Å². The summed E-state index contributed by atoms with van der Waals surface area (Å²) in [4.78, 5) is 13.9. The van der Waals surface area contributed by atoms with Crippen molar-refractivity contribution in [2.24, 2.45) is 4.99 Å². The van der Waals surface area contributed by atoms with Gasteiger partial charge in [0, 0.05) is 6.21 Å². The predicted octanol–water partition coefficient (Wildman–Crippen LogP) is -0.177. The van der Waals surface area contributed by atoms with Crippen LogP contribution in [0.4, 0.5) is 0 Å². The molecule has 1 amide bonds. The van der Waals surface area contributed by atoms with Crippen molar-refractivity contribution >= 4 is 12.1 Å². The molecule has 0 saturated carbocycles. The molecular weight excluding hydrogens is 104 g/mol. The van der Waals surface area contributed by atoms with Gasteiger partial charge >= 0.3 is 0 Å². The molecule has 0 aromatic heterocycles. The summed E-state index contributed by atoms with van der Waals surface area (Å²) in [5.41, 5.74) is 0.